The predicted octanol–water partition coefficient (Wildman–Crippen LogP) is 2.88. The molecule has 0 unspecified atom stereocenters. The molecule has 0 saturated carbocycles. The molecular formula is C23H20N8O. The molecule has 5 aromatic heterocycles. The van der Waals surface area contributed by atoms with Gasteiger partial charge in [0.25, 0.3) is 0 Å². The smallest absolute Gasteiger partial charge is 0.158 e. The molecular weight excluding hydrogens is 404 g/mol. The first-order chi connectivity index (χ1) is 15.9. The Morgan fingerprint density at radius 2 is 1.72 bits per heavy atom. The highest BCUT2D eigenvalue weighted by Crippen LogP contribution is 2.29. The summed E-state index contributed by atoms with van der Waals surface area (Å²) in [6.45, 7) is 2.96. The number of hydrogen-bond donors (Lipinski definition) is 0. The number of ether oxygens (including phenoxy) is 1. The summed E-state index contributed by atoms with van der Waals surface area (Å²) >= 11 is 0. The van der Waals surface area contributed by atoms with Crippen LogP contribution in [0.15, 0.2) is 73.4 Å². The minimum absolute atomic E-state index is 0.686. The van der Waals surface area contributed by atoms with E-state index >= 15 is 0 Å². The SMILES string of the molecule is c1cncc(-n2nccc2-c2cc(N3CCOCC3)n3nc(-c4ccncc4)cc3n2)c1. The number of aromatic nitrogens is 7. The van der Waals surface area contributed by atoms with Crippen LogP contribution in [0.3, 0.4) is 0 Å². The summed E-state index contributed by atoms with van der Waals surface area (Å²) in [5.41, 5.74) is 5.22. The van der Waals surface area contributed by atoms with E-state index in [1.165, 1.54) is 0 Å². The molecule has 1 aliphatic heterocycles. The molecule has 9 nitrogen and oxygen atoms in total. The van der Waals surface area contributed by atoms with Gasteiger partial charge >= 0.3 is 0 Å². The molecule has 0 radical (unpaired) electrons. The van der Waals surface area contributed by atoms with Gasteiger partial charge in [0.2, 0.25) is 0 Å². The van der Waals surface area contributed by atoms with Crippen molar-refractivity contribution >= 4 is 11.5 Å². The maximum absolute atomic E-state index is 5.57. The summed E-state index contributed by atoms with van der Waals surface area (Å²) in [5, 5.41) is 9.38. The first-order valence-corrected chi connectivity index (χ1v) is 10.5. The van der Waals surface area contributed by atoms with E-state index in [1.54, 1.807) is 31.0 Å². The zero-order valence-electron chi connectivity index (χ0n) is 17.2. The van der Waals surface area contributed by atoms with E-state index in [9.17, 15) is 0 Å². The second kappa shape index (κ2) is 7.86. The lowest BCUT2D eigenvalue weighted by Gasteiger charge is -2.29. The van der Waals surface area contributed by atoms with Crippen LogP contribution in [0.1, 0.15) is 0 Å². The third-order valence-electron chi connectivity index (χ3n) is 5.52. The van der Waals surface area contributed by atoms with Crippen LogP contribution in [-0.4, -0.2) is 60.6 Å². The molecule has 0 aromatic carbocycles. The number of pyridine rings is 2. The third kappa shape index (κ3) is 3.28. The van der Waals surface area contributed by atoms with Crippen molar-refractivity contribution < 1.29 is 4.74 Å². The zero-order chi connectivity index (χ0) is 21.3. The monoisotopic (exact) mass is 424 g/mol. The topological polar surface area (TPSA) is 86.3 Å². The van der Waals surface area contributed by atoms with Gasteiger partial charge in [-0.3, -0.25) is 9.97 Å². The minimum atomic E-state index is 0.686. The van der Waals surface area contributed by atoms with Gasteiger partial charge in [0.05, 0.1) is 48.4 Å². The van der Waals surface area contributed by atoms with Crippen molar-refractivity contribution in [1.29, 1.82) is 0 Å². The number of anilines is 1. The van der Waals surface area contributed by atoms with Crippen LogP contribution < -0.4 is 4.90 Å². The fourth-order valence-electron chi connectivity index (χ4n) is 3.95. The Balaban J connectivity index is 1.53. The molecule has 6 rings (SSSR count). The molecule has 0 amide bonds. The molecule has 1 aliphatic rings. The molecule has 32 heavy (non-hydrogen) atoms. The fourth-order valence-corrected chi connectivity index (χ4v) is 3.95. The van der Waals surface area contributed by atoms with Crippen molar-refractivity contribution in [2.45, 2.75) is 0 Å². The van der Waals surface area contributed by atoms with Gasteiger partial charge in [-0.2, -0.15) is 14.7 Å². The summed E-state index contributed by atoms with van der Waals surface area (Å²) in [6, 6.07) is 13.8. The summed E-state index contributed by atoms with van der Waals surface area (Å²) < 4.78 is 9.34. The fraction of sp³-hybridized carbons (Fsp3) is 0.174. The Labute approximate surface area is 184 Å². The highest BCUT2D eigenvalue weighted by molar-refractivity contribution is 5.70. The van der Waals surface area contributed by atoms with E-state index in [-0.39, 0.29) is 0 Å². The molecule has 158 valence electrons. The van der Waals surface area contributed by atoms with Gasteiger partial charge in [0.15, 0.2) is 5.65 Å². The highest BCUT2D eigenvalue weighted by atomic mass is 16.5. The molecule has 1 saturated heterocycles. The molecule has 0 spiro atoms. The second-order valence-corrected chi connectivity index (χ2v) is 7.47. The minimum Gasteiger partial charge on any atom is -0.378 e. The first kappa shape index (κ1) is 18.6. The Morgan fingerprint density at radius 3 is 2.53 bits per heavy atom. The summed E-state index contributed by atoms with van der Waals surface area (Å²) in [5.74, 6) is 0.979. The van der Waals surface area contributed by atoms with Crippen molar-refractivity contribution in [3.05, 3.63) is 73.4 Å². The average Bonchev–Trinajstić information content (AvgIpc) is 3.53. The van der Waals surface area contributed by atoms with E-state index in [2.05, 4.69) is 26.0 Å². The maximum Gasteiger partial charge on any atom is 0.158 e. The van der Waals surface area contributed by atoms with Crippen LogP contribution in [0.2, 0.25) is 0 Å². The van der Waals surface area contributed by atoms with Gasteiger partial charge in [0.1, 0.15) is 5.82 Å². The first-order valence-electron chi connectivity index (χ1n) is 10.5. The molecule has 9 heteroatoms. The summed E-state index contributed by atoms with van der Waals surface area (Å²) in [4.78, 5) is 15.6. The van der Waals surface area contributed by atoms with Gasteiger partial charge in [-0.05, 0) is 30.3 Å². The number of rotatable bonds is 4. The zero-order valence-corrected chi connectivity index (χ0v) is 17.2. The van der Waals surface area contributed by atoms with Gasteiger partial charge in [-0.25, -0.2) is 9.67 Å². The summed E-state index contributed by atoms with van der Waals surface area (Å²) in [6.07, 6.45) is 8.86. The Hall–Kier alpha value is -4.11. The van der Waals surface area contributed by atoms with Crippen molar-refractivity contribution in [2.75, 3.05) is 31.2 Å². The Bertz CT molecular complexity index is 1360. The molecule has 0 N–H and O–H groups in total. The standard InChI is InChI=1S/C23H20N8O/c1-2-18(16-25-6-1)30-21(5-9-26-30)20-15-23(29-10-12-32-13-11-29)31-22(27-20)14-19(28-31)17-3-7-24-8-4-17/h1-9,14-16H,10-13H2. The largest absolute Gasteiger partial charge is 0.378 e. The average molecular weight is 424 g/mol. The van der Waals surface area contributed by atoms with Crippen molar-refractivity contribution in [3.63, 3.8) is 0 Å². The lowest BCUT2D eigenvalue weighted by Crippen LogP contribution is -2.37. The van der Waals surface area contributed by atoms with Crippen molar-refractivity contribution in [3.8, 4) is 28.3 Å². The molecule has 0 bridgehead atoms. The van der Waals surface area contributed by atoms with E-state index in [1.807, 2.05) is 45.6 Å². The van der Waals surface area contributed by atoms with Crippen LogP contribution in [0.4, 0.5) is 5.82 Å². The predicted molar refractivity (Wildman–Crippen MR) is 120 cm³/mol. The van der Waals surface area contributed by atoms with Gasteiger partial charge in [-0.15, -0.1) is 0 Å². The van der Waals surface area contributed by atoms with Crippen molar-refractivity contribution in [1.82, 2.24) is 34.3 Å². The van der Waals surface area contributed by atoms with E-state index < -0.39 is 0 Å². The number of morpholine rings is 1. The summed E-state index contributed by atoms with van der Waals surface area (Å²) in [7, 11) is 0. The lowest BCUT2D eigenvalue weighted by atomic mass is 10.2. The Morgan fingerprint density at radius 1 is 0.844 bits per heavy atom. The van der Waals surface area contributed by atoms with Crippen LogP contribution in [0.25, 0.3) is 34.0 Å². The molecule has 5 aromatic rings. The van der Waals surface area contributed by atoms with E-state index in [0.29, 0.717) is 13.2 Å². The maximum atomic E-state index is 5.57. The van der Waals surface area contributed by atoms with Crippen LogP contribution in [0.5, 0.6) is 0 Å². The quantitative estimate of drug-likeness (QED) is 0.438. The highest BCUT2D eigenvalue weighted by Gasteiger charge is 2.20. The van der Waals surface area contributed by atoms with Crippen molar-refractivity contribution in [2.24, 2.45) is 0 Å². The molecule has 1 fully saturated rings. The van der Waals surface area contributed by atoms with Gasteiger partial charge < -0.3 is 9.64 Å². The number of fused-ring (bicyclic) bond motifs is 1. The number of hydrogen-bond acceptors (Lipinski definition) is 7. The normalized spacial score (nSPS) is 14.2. The van der Waals surface area contributed by atoms with Gasteiger partial charge in [-0.1, -0.05) is 0 Å². The molecule has 0 atom stereocenters. The van der Waals surface area contributed by atoms with Crippen LogP contribution >= 0.6 is 0 Å². The van der Waals surface area contributed by atoms with Gasteiger partial charge in [0, 0.05) is 49.4 Å². The lowest BCUT2D eigenvalue weighted by molar-refractivity contribution is 0.122. The Kier molecular flexibility index (Phi) is 4.58. The second-order valence-electron chi connectivity index (χ2n) is 7.47. The third-order valence-corrected chi connectivity index (χ3v) is 5.52. The van der Waals surface area contributed by atoms with E-state index in [0.717, 1.165) is 52.9 Å². The molecule has 0 aliphatic carbocycles. The van der Waals surface area contributed by atoms with Crippen LogP contribution in [-0.2, 0) is 4.74 Å². The van der Waals surface area contributed by atoms with Crippen LogP contribution in [0, 0.1) is 0 Å². The molecule has 6 heterocycles. The number of nitrogens with zero attached hydrogens (tertiary/aromatic N) is 8. The van der Waals surface area contributed by atoms with E-state index in [4.69, 9.17) is 14.8 Å².